The highest BCUT2D eigenvalue weighted by Gasteiger charge is 2.81. The smallest absolute Gasteiger partial charge is 0.165 e. The van der Waals surface area contributed by atoms with Crippen molar-refractivity contribution in [1.82, 2.24) is 4.90 Å². The highest BCUT2D eigenvalue weighted by atomic mass is 16.5. The van der Waals surface area contributed by atoms with E-state index in [2.05, 4.69) is 11.0 Å². The lowest BCUT2D eigenvalue weighted by atomic mass is 9.51. The van der Waals surface area contributed by atoms with E-state index in [1.165, 1.54) is 11.1 Å². The van der Waals surface area contributed by atoms with Crippen molar-refractivity contribution in [3.05, 3.63) is 23.3 Å². The van der Waals surface area contributed by atoms with Crippen LogP contribution in [0.3, 0.4) is 0 Å². The molecule has 2 saturated heterocycles. The summed E-state index contributed by atoms with van der Waals surface area (Å²) in [4.78, 5) is 2.54. The van der Waals surface area contributed by atoms with E-state index in [1.54, 1.807) is 6.07 Å². The zero-order chi connectivity index (χ0) is 15.8. The van der Waals surface area contributed by atoms with E-state index in [0.717, 1.165) is 32.2 Å². The van der Waals surface area contributed by atoms with Crippen LogP contribution in [0.25, 0.3) is 0 Å². The van der Waals surface area contributed by atoms with E-state index in [4.69, 9.17) is 9.47 Å². The topological polar surface area (TPSA) is 62.2 Å². The summed E-state index contributed by atoms with van der Waals surface area (Å²) in [5.41, 5.74) is 1.97. The first-order valence-corrected chi connectivity index (χ1v) is 9.25. The van der Waals surface area contributed by atoms with Crippen molar-refractivity contribution in [2.45, 2.75) is 54.9 Å². The Morgan fingerprint density at radius 2 is 2.21 bits per heavy atom. The molecule has 1 aromatic rings. The molecule has 7 atom stereocenters. The number of phenols is 1. The zero-order valence-electron chi connectivity index (χ0n) is 13.4. The summed E-state index contributed by atoms with van der Waals surface area (Å²) in [6.45, 7) is 1.80. The van der Waals surface area contributed by atoms with Crippen LogP contribution in [0.2, 0.25) is 0 Å². The van der Waals surface area contributed by atoms with Gasteiger partial charge in [0.15, 0.2) is 11.5 Å². The lowest BCUT2D eigenvalue weighted by Gasteiger charge is -2.55. The van der Waals surface area contributed by atoms with E-state index in [1.807, 2.05) is 0 Å². The van der Waals surface area contributed by atoms with Crippen LogP contribution in [0.15, 0.2) is 12.1 Å². The first-order valence-electron chi connectivity index (χ1n) is 9.25. The summed E-state index contributed by atoms with van der Waals surface area (Å²) in [7, 11) is 0. The molecule has 0 aromatic heterocycles. The molecule has 2 N–H and O–H groups in total. The van der Waals surface area contributed by atoms with Crippen LogP contribution < -0.4 is 4.74 Å². The van der Waals surface area contributed by atoms with Crippen molar-refractivity contribution < 1.29 is 19.7 Å². The van der Waals surface area contributed by atoms with E-state index < -0.39 is 6.10 Å². The van der Waals surface area contributed by atoms with Crippen LogP contribution in [0.4, 0.5) is 0 Å². The highest BCUT2D eigenvalue weighted by Crippen LogP contribution is 2.74. The van der Waals surface area contributed by atoms with Gasteiger partial charge in [0.1, 0.15) is 12.8 Å². The fourth-order valence-electron chi connectivity index (χ4n) is 7.72. The normalized spacial score (nSPS) is 52.3. The first kappa shape index (κ1) is 13.0. The van der Waals surface area contributed by atoms with Crippen LogP contribution in [-0.4, -0.2) is 52.2 Å². The molecule has 1 aromatic carbocycles. The number of hydrogen-bond acceptors (Lipinski definition) is 5. The summed E-state index contributed by atoms with van der Waals surface area (Å²) < 4.78 is 12.9. The maximum absolute atomic E-state index is 10.9. The molecule has 4 unspecified atom stereocenters. The molecule has 6 aliphatic rings. The van der Waals surface area contributed by atoms with Gasteiger partial charge in [0.05, 0.1) is 17.1 Å². The van der Waals surface area contributed by atoms with Crippen LogP contribution in [-0.2, 0) is 16.6 Å². The Hall–Kier alpha value is -1.30. The number of aliphatic hydroxyl groups is 1. The number of nitrogens with zero attached hydrogens (tertiary/aromatic N) is 1. The average molecular weight is 327 g/mol. The first-order chi connectivity index (χ1) is 11.7. The van der Waals surface area contributed by atoms with Gasteiger partial charge in [-0.2, -0.15) is 0 Å². The van der Waals surface area contributed by atoms with E-state index in [0.29, 0.717) is 30.4 Å². The molecule has 3 aliphatic carbocycles. The van der Waals surface area contributed by atoms with E-state index in [-0.39, 0.29) is 22.9 Å². The van der Waals surface area contributed by atoms with Gasteiger partial charge >= 0.3 is 0 Å². The van der Waals surface area contributed by atoms with Gasteiger partial charge in [-0.1, -0.05) is 6.07 Å². The molecule has 5 heteroatoms. The number of piperidine rings is 1. The SMILES string of the molecule is Oc1ccc2c3c1O[C@H]1C(O)CCC45OCN6CC(C2)C(C[C@@H]64)[C@]315. The van der Waals surface area contributed by atoms with E-state index >= 15 is 0 Å². The Balaban J connectivity index is 1.64. The van der Waals surface area contributed by atoms with Crippen LogP contribution in [0, 0.1) is 11.8 Å². The Labute approximate surface area is 140 Å². The molecule has 5 nitrogen and oxygen atoms in total. The third-order valence-corrected chi connectivity index (χ3v) is 8.24. The summed E-state index contributed by atoms with van der Waals surface area (Å²) in [5.74, 6) is 1.95. The number of phenolic OH excluding ortho intramolecular Hbond substituents is 1. The highest BCUT2D eigenvalue weighted by molar-refractivity contribution is 5.63. The van der Waals surface area contributed by atoms with Crippen molar-refractivity contribution >= 4 is 0 Å². The third kappa shape index (κ3) is 1.02. The quantitative estimate of drug-likeness (QED) is 0.748. The molecule has 126 valence electrons. The minimum Gasteiger partial charge on any atom is -0.504 e. The lowest BCUT2D eigenvalue weighted by Crippen LogP contribution is -2.67. The molecule has 0 amide bonds. The molecule has 3 aliphatic heterocycles. The molecule has 24 heavy (non-hydrogen) atoms. The van der Waals surface area contributed by atoms with Crippen LogP contribution in [0.1, 0.15) is 30.4 Å². The lowest BCUT2D eigenvalue weighted by molar-refractivity contribution is -0.164. The number of rotatable bonds is 0. The van der Waals surface area contributed by atoms with Crippen LogP contribution in [0.5, 0.6) is 11.5 Å². The summed E-state index contributed by atoms with van der Waals surface area (Å²) in [6.07, 6.45) is 3.06. The third-order valence-electron chi connectivity index (χ3n) is 8.24. The molecule has 0 radical (unpaired) electrons. The van der Waals surface area contributed by atoms with E-state index in [9.17, 15) is 10.2 Å². The second-order valence-electron chi connectivity index (χ2n) is 8.72. The van der Waals surface area contributed by atoms with Crippen molar-refractivity contribution in [1.29, 1.82) is 0 Å². The fourth-order valence-corrected chi connectivity index (χ4v) is 7.72. The van der Waals surface area contributed by atoms with Gasteiger partial charge < -0.3 is 19.7 Å². The number of benzene rings is 1. The van der Waals surface area contributed by atoms with Gasteiger partial charge in [-0.05, 0) is 49.1 Å². The minimum atomic E-state index is -0.481. The van der Waals surface area contributed by atoms with Crippen molar-refractivity contribution in [3.63, 3.8) is 0 Å². The number of aliphatic hydroxyl groups excluding tert-OH is 1. The maximum Gasteiger partial charge on any atom is 0.165 e. The number of ether oxygens (including phenoxy) is 2. The van der Waals surface area contributed by atoms with Crippen molar-refractivity contribution in [2.24, 2.45) is 11.8 Å². The van der Waals surface area contributed by atoms with Gasteiger partial charge in [-0.15, -0.1) is 0 Å². The minimum absolute atomic E-state index is 0.217. The number of hydrogen-bond donors (Lipinski definition) is 2. The Bertz CT molecular complexity index is 796. The fraction of sp³-hybridized carbons (Fsp3) is 0.684. The Kier molecular flexibility index (Phi) is 1.96. The Morgan fingerprint density at radius 3 is 3.12 bits per heavy atom. The molecule has 3 heterocycles. The standard InChI is InChI=1S/C19H21NO4/c21-12-2-1-9-5-10-7-20-8-23-18-4-3-13(22)17-19(18,11(10)6-14(18)20)15(9)16(12)24-17/h1-2,10-11,13-14,17,21-22H,3-8H2/t10?,11?,13?,14-,17+,18?,19+/m1/s1. The van der Waals surface area contributed by atoms with Gasteiger partial charge in [0.25, 0.3) is 0 Å². The molecule has 2 saturated carbocycles. The van der Waals surface area contributed by atoms with Gasteiger partial charge in [0, 0.05) is 18.2 Å². The van der Waals surface area contributed by atoms with Gasteiger partial charge in [-0.3, -0.25) is 4.90 Å². The molecule has 2 spiro atoms. The largest absolute Gasteiger partial charge is 0.504 e. The average Bonchev–Trinajstić information content (AvgIpc) is 3.21. The predicted octanol–water partition coefficient (Wildman–Crippen LogP) is 1.15. The van der Waals surface area contributed by atoms with Crippen molar-refractivity contribution in [2.75, 3.05) is 13.3 Å². The zero-order valence-corrected chi connectivity index (χ0v) is 13.4. The summed E-state index contributed by atoms with van der Waals surface area (Å²) >= 11 is 0. The Morgan fingerprint density at radius 1 is 1.29 bits per heavy atom. The summed E-state index contributed by atoms with van der Waals surface area (Å²) in [5, 5.41) is 21.3. The molecule has 7 rings (SSSR count). The summed E-state index contributed by atoms with van der Waals surface area (Å²) in [6, 6.07) is 4.29. The predicted molar refractivity (Wildman–Crippen MR) is 83.9 cm³/mol. The number of aromatic hydroxyl groups is 1. The second kappa shape index (κ2) is 3.62. The van der Waals surface area contributed by atoms with Gasteiger partial charge in [0.2, 0.25) is 0 Å². The second-order valence-corrected chi connectivity index (χ2v) is 8.72. The molecular weight excluding hydrogens is 306 g/mol. The monoisotopic (exact) mass is 327 g/mol. The molecular formula is C19H21NO4. The van der Waals surface area contributed by atoms with Crippen molar-refractivity contribution in [3.8, 4) is 11.5 Å². The molecule has 4 fully saturated rings. The maximum atomic E-state index is 10.9. The van der Waals surface area contributed by atoms with Crippen LogP contribution >= 0.6 is 0 Å². The molecule has 2 bridgehead atoms. The van der Waals surface area contributed by atoms with Gasteiger partial charge in [-0.25, -0.2) is 0 Å².